The van der Waals surface area contributed by atoms with Crippen LogP contribution < -0.4 is 4.74 Å². The summed E-state index contributed by atoms with van der Waals surface area (Å²) in [6.07, 6.45) is -5.15. The molecule has 0 radical (unpaired) electrons. The molecule has 0 saturated heterocycles. The monoisotopic (exact) mass is 292 g/mol. The highest BCUT2D eigenvalue weighted by Gasteiger charge is 2.25. The molecule has 0 aromatic heterocycles. The molecule has 0 heterocycles. The Morgan fingerprint density at radius 3 is 2.60 bits per heavy atom. The molecule has 0 atom stereocenters. The predicted molar refractivity (Wildman–Crippen MR) is 64.9 cm³/mol. The number of aromatic carboxylic acids is 1. The second kappa shape index (κ2) is 7.14. The van der Waals surface area contributed by atoms with Gasteiger partial charge in [-0.3, -0.25) is 0 Å². The number of rotatable bonds is 7. The third kappa shape index (κ3) is 5.48. The van der Waals surface area contributed by atoms with Crippen molar-refractivity contribution in [2.24, 2.45) is 0 Å². The minimum absolute atomic E-state index is 0.0114. The molecule has 0 amide bonds. The number of hydrogen-bond acceptors (Lipinski definition) is 3. The fourth-order valence-corrected chi connectivity index (χ4v) is 1.57. The van der Waals surface area contributed by atoms with E-state index >= 15 is 0 Å². The summed E-state index contributed by atoms with van der Waals surface area (Å²) in [7, 11) is 1.34. The molecule has 0 fully saturated rings. The van der Waals surface area contributed by atoms with Crippen LogP contribution in [0.4, 0.5) is 13.2 Å². The number of methoxy groups -OCH3 is 1. The van der Waals surface area contributed by atoms with Crippen molar-refractivity contribution in [3.05, 3.63) is 29.3 Å². The number of carboxylic acid groups (broad SMARTS) is 1. The summed E-state index contributed by atoms with van der Waals surface area (Å²) in [5.74, 6) is -0.923. The summed E-state index contributed by atoms with van der Waals surface area (Å²) in [5, 5.41) is 8.89. The predicted octanol–water partition coefficient (Wildman–Crippen LogP) is 3.25. The van der Waals surface area contributed by atoms with Crippen molar-refractivity contribution in [1.82, 2.24) is 0 Å². The van der Waals surface area contributed by atoms with E-state index in [0.717, 1.165) is 0 Å². The number of halogens is 3. The van der Waals surface area contributed by atoms with Crippen LogP contribution in [0.3, 0.4) is 0 Å². The van der Waals surface area contributed by atoms with E-state index in [2.05, 4.69) is 0 Å². The van der Waals surface area contributed by atoms with Crippen LogP contribution in [-0.2, 0) is 11.3 Å². The van der Waals surface area contributed by atoms with E-state index in [1.54, 1.807) is 0 Å². The van der Waals surface area contributed by atoms with E-state index in [0.29, 0.717) is 5.56 Å². The van der Waals surface area contributed by atoms with Crippen molar-refractivity contribution in [3.63, 3.8) is 0 Å². The first-order chi connectivity index (χ1) is 9.33. The van der Waals surface area contributed by atoms with Crippen molar-refractivity contribution in [3.8, 4) is 5.75 Å². The van der Waals surface area contributed by atoms with E-state index in [4.69, 9.17) is 14.6 Å². The maximum absolute atomic E-state index is 11.9. The summed E-state index contributed by atoms with van der Waals surface area (Å²) in [4.78, 5) is 10.9. The molecule has 0 aliphatic carbocycles. The summed E-state index contributed by atoms with van der Waals surface area (Å²) in [6, 6.07) is 4.40. The number of alkyl halides is 3. The molecule has 0 saturated carbocycles. The van der Waals surface area contributed by atoms with Crippen molar-refractivity contribution in [2.45, 2.75) is 25.6 Å². The van der Waals surface area contributed by atoms with Gasteiger partial charge in [0, 0.05) is 13.0 Å². The summed E-state index contributed by atoms with van der Waals surface area (Å²) >= 11 is 0. The molecular weight excluding hydrogens is 277 g/mol. The molecule has 1 aromatic carbocycles. The van der Waals surface area contributed by atoms with Crippen LogP contribution in [0.2, 0.25) is 0 Å². The zero-order chi connectivity index (χ0) is 15.2. The summed E-state index contributed by atoms with van der Waals surface area (Å²) < 4.78 is 45.7. The lowest BCUT2D eigenvalue weighted by Gasteiger charge is -2.09. The van der Waals surface area contributed by atoms with Gasteiger partial charge in [-0.15, -0.1) is 0 Å². The van der Waals surface area contributed by atoms with Crippen molar-refractivity contribution >= 4 is 5.97 Å². The lowest BCUT2D eigenvalue weighted by Crippen LogP contribution is -2.08. The van der Waals surface area contributed by atoms with Gasteiger partial charge in [0.05, 0.1) is 13.7 Å². The average molecular weight is 292 g/mol. The van der Waals surface area contributed by atoms with Crippen LogP contribution >= 0.6 is 0 Å². The number of hydrogen-bond donors (Lipinski definition) is 1. The standard InChI is InChI=1S/C13H15F3O4/c1-19-11-7-9(3-4-10(11)12(17)18)8-20-6-2-5-13(14,15)16/h3-4,7H,2,5-6,8H2,1H3,(H,17,18). The highest BCUT2D eigenvalue weighted by atomic mass is 19.4. The largest absolute Gasteiger partial charge is 0.496 e. The Bertz CT molecular complexity index is 457. The molecule has 112 valence electrons. The molecule has 0 bridgehead atoms. The van der Waals surface area contributed by atoms with E-state index in [-0.39, 0.29) is 30.9 Å². The minimum Gasteiger partial charge on any atom is -0.496 e. The van der Waals surface area contributed by atoms with E-state index in [1.165, 1.54) is 25.3 Å². The van der Waals surface area contributed by atoms with Gasteiger partial charge in [0.1, 0.15) is 11.3 Å². The van der Waals surface area contributed by atoms with Gasteiger partial charge in [0.25, 0.3) is 0 Å². The molecular formula is C13H15F3O4. The highest BCUT2D eigenvalue weighted by molar-refractivity contribution is 5.90. The SMILES string of the molecule is COc1cc(COCCCC(F)(F)F)ccc1C(=O)O. The van der Waals surface area contributed by atoms with E-state index in [1.807, 2.05) is 0 Å². The van der Waals surface area contributed by atoms with Crippen LogP contribution in [0, 0.1) is 0 Å². The fraction of sp³-hybridized carbons (Fsp3) is 0.462. The normalized spacial score (nSPS) is 11.4. The van der Waals surface area contributed by atoms with Gasteiger partial charge in [-0.25, -0.2) is 4.79 Å². The average Bonchev–Trinajstić information content (AvgIpc) is 2.36. The van der Waals surface area contributed by atoms with Crippen LogP contribution in [0.15, 0.2) is 18.2 Å². The minimum atomic E-state index is -4.17. The first-order valence-electron chi connectivity index (χ1n) is 5.88. The quantitative estimate of drug-likeness (QED) is 0.784. The van der Waals surface area contributed by atoms with Crippen LogP contribution in [0.5, 0.6) is 5.75 Å². The van der Waals surface area contributed by atoms with Gasteiger partial charge in [-0.2, -0.15) is 13.2 Å². The maximum atomic E-state index is 11.9. The molecule has 0 aliphatic heterocycles. The molecule has 20 heavy (non-hydrogen) atoms. The van der Waals surface area contributed by atoms with Gasteiger partial charge < -0.3 is 14.6 Å². The second-order valence-corrected chi connectivity index (χ2v) is 4.11. The maximum Gasteiger partial charge on any atom is 0.389 e. The number of carboxylic acids is 1. The zero-order valence-corrected chi connectivity index (χ0v) is 10.9. The van der Waals surface area contributed by atoms with Crippen LogP contribution in [-0.4, -0.2) is 31.0 Å². The smallest absolute Gasteiger partial charge is 0.389 e. The Balaban J connectivity index is 2.47. The molecule has 4 nitrogen and oxygen atoms in total. The Labute approximate surface area is 114 Å². The first-order valence-corrected chi connectivity index (χ1v) is 5.88. The van der Waals surface area contributed by atoms with E-state index < -0.39 is 18.6 Å². The molecule has 0 unspecified atom stereocenters. The Hall–Kier alpha value is -1.76. The topological polar surface area (TPSA) is 55.8 Å². The molecule has 7 heteroatoms. The van der Waals surface area contributed by atoms with Crippen LogP contribution in [0.25, 0.3) is 0 Å². The number of benzene rings is 1. The molecule has 1 aromatic rings. The Morgan fingerprint density at radius 2 is 2.05 bits per heavy atom. The van der Waals surface area contributed by atoms with E-state index in [9.17, 15) is 18.0 Å². The summed E-state index contributed by atoms with van der Waals surface area (Å²) in [5.41, 5.74) is 0.659. The molecule has 0 aliphatic rings. The van der Waals surface area contributed by atoms with Gasteiger partial charge in [0.15, 0.2) is 0 Å². The third-order valence-electron chi connectivity index (χ3n) is 2.51. The lowest BCUT2D eigenvalue weighted by atomic mass is 10.1. The van der Waals surface area contributed by atoms with Crippen molar-refractivity contribution < 1.29 is 32.5 Å². The fourth-order valence-electron chi connectivity index (χ4n) is 1.57. The highest BCUT2D eigenvalue weighted by Crippen LogP contribution is 2.22. The van der Waals surface area contributed by atoms with Gasteiger partial charge in [-0.05, 0) is 24.1 Å². The van der Waals surface area contributed by atoms with Crippen molar-refractivity contribution in [1.29, 1.82) is 0 Å². The van der Waals surface area contributed by atoms with Crippen LogP contribution in [0.1, 0.15) is 28.8 Å². The number of ether oxygens (including phenoxy) is 2. The Kier molecular flexibility index (Phi) is 5.82. The van der Waals surface area contributed by atoms with Crippen molar-refractivity contribution in [2.75, 3.05) is 13.7 Å². The van der Waals surface area contributed by atoms with Gasteiger partial charge in [0.2, 0.25) is 0 Å². The molecule has 0 spiro atoms. The first kappa shape index (κ1) is 16.3. The number of carbonyl (C=O) groups is 1. The zero-order valence-electron chi connectivity index (χ0n) is 10.9. The van der Waals surface area contributed by atoms with Gasteiger partial charge >= 0.3 is 12.1 Å². The second-order valence-electron chi connectivity index (χ2n) is 4.11. The molecule has 1 rings (SSSR count). The Morgan fingerprint density at radius 1 is 1.35 bits per heavy atom. The molecule has 1 N–H and O–H groups in total. The van der Waals surface area contributed by atoms with Gasteiger partial charge in [-0.1, -0.05) is 6.07 Å². The third-order valence-corrected chi connectivity index (χ3v) is 2.51. The summed E-state index contributed by atoms with van der Waals surface area (Å²) in [6.45, 7) is 0.0939. The lowest BCUT2D eigenvalue weighted by molar-refractivity contribution is -0.138.